The average Bonchev–Trinajstić information content (AvgIpc) is 1.85. The molecule has 2 nitrogen and oxygen atoms in total. The van der Waals surface area contributed by atoms with Crippen LogP contribution in [-0.2, 0) is 0 Å². The van der Waals surface area contributed by atoms with Gasteiger partial charge in [0.25, 0.3) is 0 Å². The summed E-state index contributed by atoms with van der Waals surface area (Å²) < 4.78 is 0. The summed E-state index contributed by atoms with van der Waals surface area (Å²) in [5.74, 6) is 0. The van der Waals surface area contributed by atoms with Gasteiger partial charge in [-0.25, -0.2) is 0 Å². The summed E-state index contributed by atoms with van der Waals surface area (Å²) in [5, 5.41) is 0. The van der Waals surface area contributed by atoms with Crippen LogP contribution < -0.4 is 0 Å². The molecular formula is C9H11NO. The Bertz CT molecular complexity index is 269. The predicted octanol–water partition coefficient (Wildman–Crippen LogP) is 1.82. The summed E-state index contributed by atoms with van der Waals surface area (Å²) in [6.45, 7) is 5.70. The Labute approximate surface area is 66.3 Å². The molecule has 1 heterocycles. The molecule has 0 bridgehead atoms. The van der Waals surface area contributed by atoms with Crippen molar-refractivity contribution in [3.63, 3.8) is 0 Å². The van der Waals surface area contributed by atoms with Crippen molar-refractivity contribution >= 4 is 6.29 Å². The monoisotopic (exact) mass is 149 g/mol. The average molecular weight is 149 g/mol. The van der Waals surface area contributed by atoms with Crippen molar-refractivity contribution in [2.75, 3.05) is 0 Å². The number of aromatic nitrogens is 1. The highest BCUT2D eigenvalue weighted by molar-refractivity contribution is 5.78. The number of hydrogen-bond donors (Lipinski definition) is 0. The first kappa shape index (κ1) is 7.92. The fourth-order valence-electron chi connectivity index (χ4n) is 1.21. The Balaban J connectivity index is 3.36. The summed E-state index contributed by atoms with van der Waals surface area (Å²) in [6.07, 6.45) is 0.858. The van der Waals surface area contributed by atoms with Gasteiger partial charge in [0, 0.05) is 17.0 Å². The van der Waals surface area contributed by atoms with Crippen molar-refractivity contribution in [2.24, 2.45) is 0 Å². The van der Waals surface area contributed by atoms with Crippen molar-refractivity contribution < 1.29 is 4.79 Å². The number of aryl methyl sites for hydroxylation is 3. The molecule has 0 aliphatic heterocycles. The number of carbonyl (C=O) groups is 1. The molecule has 1 rings (SSSR count). The highest BCUT2D eigenvalue weighted by Gasteiger charge is 2.02. The van der Waals surface area contributed by atoms with Crippen molar-refractivity contribution in [3.8, 4) is 0 Å². The smallest absolute Gasteiger partial charge is 0.152 e. The number of carbonyl (C=O) groups excluding carboxylic acids is 1. The van der Waals surface area contributed by atoms with E-state index in [0.29, 0.717) is 0 Å². The van der Waals surface area contributed by atoms with Crippen LogP contribution in [-0.4, -0.2) is 11.3 Å². The van der Waals surface area contributed by atoms with Crippen LogP contribution in [0.1, 0.15) is 27.3 Å². The van der Waals surface area contributed by atoms with Crippen molar-refractivity contribution in [2.45, 2.75) is 20.8 Å². The van der Waals surface area contributed by atoms with E-state index >= 15 is 0 Å². The van der Waals surface area contributed by atoms with E-state index in [4.69, 9.17) is 0 Å². The molecule has 0 aromatic carbocycles. The third-order valence-electron chi connectivity index (χ3n) is 1.70. The van der Waals surface area contributed by atoms with E-state index in [1.54, 1.807) is 0 Å². The van der Waals surface area contributed by atoms with Gasteiger partial charge in [0.2, 0.25) is 0 Å². The van der Waals surface area contributed by atoms with Crippen LogP contribution in [0, 0.1) is 20.8 Å². The fraction of sp³-hybridized carbons (Fsp3) is 0.333. The minimum absolute atomic E-state index is 0.718. The lowest BCUT2D eigenvalue weighted by Crippen LogP contribution is -1.96. The Kier molecular flexibility index (Phi) is 2.03. The molecule has 0 atom stereocenters. The Morgan fingerprint density at radius 2 is 2.00 bits per heavy atom. The molecule has 2 heteroatoms. The van der Waals surface area contributed by atoms with Gasteiger partial charge >= 0.3 is 0 Å². The van der Waals surface area contributed by atoms with Crippen LogP contribution in [0.25, 0.3) is 0 Å². The van der Waals surface area contributed by atoms with Gasteiger partial charge in [-0.2, -0.15) is 0 Å². The summed E-state index contributed by atoms with van der Waals surface area (Å²) in [5.41, 5.74) is 3.50. The highest BCUT2D eigenvalue weighted by atomic mass is 16.1. The molecule has 0 aliphatic carbocycles. The molecule has 0 fully saturated rings. The lowest BCUT2D eigenvalue weighted by Gasteiger charge is -2.02. The van der Waals surface area contributed by atoms with Gasteiger partial charge < -0.3 is 0 Å². The quantitative estimate of drug-likeness (QED) is 0.570. The van der Waals surface area contributed by atoms with Crippen LogP contribution in [0.5, 0.6) is 0 Å². The number of nitrogens with zero attached hydrogens (tertiary/aromatic N) is 1. The van der Waals surface area contributed by atoms with Crippen LogP contribution in [0.3, 0.4) is 0 Å². The molecule has 0 radical (unpaired) electrons. The molecule has 0 spiro atoms. The second-order valence-corrected chi connectivity index (χ2v) is 2.70. The van der Waals surface area contributed by atoms with Gasteiger partial charge in [-0.1, -0.05) is 0 Å². The lowest BCUT2D eigenvalue weighted by atomic mass is 10.1. The molecule has 11 heavy (non-hydrogen) atoms. The summed E-state index contributed by atoms with van der Waals surface area (Å²) in [4.78, 5) is 14.7. The first-order valence-corrected chi connectivity index (χ1v) is 3.55. The Morgan fingerprint density at radius 3 is 2.45 bits per heavy atom. The molecule has 1 aromatic rings. The molecule has 0 amide bonds. The summed E-state index contributed by atoms with van der Waals surface area (Å²) in [6, 6.07) is 1.91. The maximum Gasteiger partial charge on any atom is 0.152 e. The molecule has 0 N–H and O–H groups in total. The molecule has 0 aliphatic rings. The van der Waals surface area contributed by atoms with Crippen molar-refractivity contribution in [3.05, 3.63) is 28.6 Å². The van der Waals surface area contributed by atoms with Crippen LogP contribution in [0.4, 0.5) is 0 Å². The molecule has 0 unspecified atom stereocenters. The van der Waals surface area contributed by atoms with Gasteiger partial charge in [-0.05, 0) is 32.4 Å². The lowest BCUT2D eigenvalue weighted by molar-refractivity contribution is 0.112. The maximum absolute atomic E-state index is 10.5. The number of aldehydes is 1. The standard InChI is InChI=1S/C9H11NO/c1-6-4-7(2)10-8(3)9(6)5-11/h4-5H,1-3H3. The third kappa shape index (κ3) is 1.45. The van der Waals surface area contributed by atoms with Crippen molar-refractivity contribution in [1.29, 1.82) is 0 Å². The molecule has 58 valence electrons. The van der Waals surface area contributed by atoms with E-state index in [1.807, 2.05) is 26.8 Å². The van der Waals surface area contributed by atoms with E-state index in [0.717, 1.165) is 28.8 Å². The largest absolute Gasteiger partial charge is 0.298 e. The summed E-state index contributed by atoms with van der Waals surface area (Å²) >= 11 is 0. The van der Waals surface area contributed by atoms with Gasteiger partial charge in [-0.15, -0.1) is 0 Å². The third-order valence-corrected chi connectivity index (χ3v) is 1.70. The van der Waals surface area contributed by atoms with Crippen LogP contribution >= 0.6 is 0 Å². The van der Waals surface area contributed by atoms with Gasteiger partial charge in [0.1, 0.15) is 0 Å². The number of hydrogen-bond acceptors (Lipinski definition) is 2. The number of pyridine rings is 1. The minimum Gasteiger partial charge on any atom is -0.298 e. The second-order valence-electron chi connectivity index (χ2n) is 2.70. The first-order valence-electron chi connectivity index (χ1n) is 3.55. The fourth-order valence-corrected chi connectivity index (χ4v) is 1.21. The van der Waals surface area contributed by atoms with E-state index in [-0.39, 0.29) is 0 Å². The van der Waals surface area contributed by atoms with Crippen LogP contribution in [0.2, 0.25) is 0 Å². The van der Waals surface area contributed by atoms with Gasteiger partial charge in [0.05, 0.1) is 0 Å². The first-order chi connectivity index (χ1) is 5.15. The maximum atomic E-state index is 10.5. The molecule has 1 aromatic heterocycles. The SMILES string of the molecule is Cc1cc(C)c(C=O)c(C)n1. The number of rotatable bonds is 1. The predicted molar refractivity (Wildman–Crippen MR) is 43.8 cm³/mol. The normalized spacial score (nSPS) is 9.73. The molecule has 0 saturated heterocycles. The topological polar surface area (TPSA) is 30.0 Å². The second kappa shape index (κ2) is 2.82. The van der Waals surface area contributed by atoms with Crippen LogP contribution in [0.15, 0.2) is 6.07 Å². The zero-order valence-corrected chi connectivity index (χ0v) is 7.01. The van der Waals surface area contributed by atoms with E-state index < -0.39 is 0 Å². The molecular weight excluding hydrogens is 138 g/mol. The van der Waals surface area contributed by atoms with E-state index in [2.05, 4.69) is 4.98 Å². The highest BCUT2D eigenvalue weighted by Crippen LogP contribution is 2.09. The van der Waals surface area contributed by atoms with E-state index in [9.17, 15) is 4.79 Å². The summed E-state index contributed by atoms with van der Waals surface area (Å²) in [7, 11) is 0. The Hall–Kier alpha value is -1.18. The zero-order chi connectivity index (χ0) is 8.43. The molecule has 0 saturated carbocycles. The zero-order valence-electron chi connectivity index (χ0n) is 7.01. The van der Waals surface area contributed by atoms with E-state index in [1.165, 1.54) is 0 Å². The Morgan fingerprint density at radius 1 is 1.36 bits per heavy atom. The van der Waals surface area contributed by atoms with Crippen molar-refractivity contribution in [1.82, 2.24) is 4.98 Å². The van der Waals surface area contributed by atoms with Gasteiger partial charge in [0.15, 0.2) is 6.29 Å². The minimum atomic E-state index is 0.718. The van der Waals surface area contributed by atoms with Gasteiger partial charge in [-0.3, -0.25) is 9.78 Å².